The third-order valence-electron chi connectivity index (χ3n) is 5.30. The van der Waals surface area contributed by atoms with Crippen LogP contribution in [0.4, 0.5) is 5.69 Å². The Hall–Kier alpha value is -2.54. The SMILES string of the molecule is CC[C@H](NC(=O)[C@@H](CC)Oc1ccc(N(C)S(C)(=O)=O)cc1)c1ccc(C)c(C)c1. The number of hydrogen-bond acceptors (Lipinski definition) is 4. The first-order valence-electron chi connectivity index (χ1n) is 10.1. The van der Waals surface area contributed by atoms with E-state index in [9.17, 15) is 13.2 Å². The molecule has 30 heavy (non-hydrogen) atoms. The number of carbonyl (C=O) groups excluding carboxylic acids is 1. The summed E-state index contributed by atoms with van der Waals surface area (Å²) in [5.74, 6) is 0.349. The van der Waals surface area contributed by atoms with Crippen molar-refractivity contribution in [1.29, 1.82) is 0 Å². The van der Waals surface area contributed by atoms with Crippen LogP contribution in [0.2, 0.25) is 0 Å². The molecule has 1 amide bonds. The van der Waals surface area contributed by atoms with Crippen LogP contribution in [-0.4, -0.2) is 33.7 Å². The van der Waals surface area contributed by atoms with Crippen molar-refractivity contribution in [2.45, 2.75) is 52.7 Å². The first-order chi connectivity index (χ1) is 14.1. The van der Waals surface area contributed by atoms with Crippen LogP contribution >= 0.6 is 0 Å². The number of sulfonamides is 1. The quantitative estimate of drug-likeness (QED) is 0.647. The highest BCUT2D eigenvalue weighted by molar-refractivity contribution is 7.92. The predicted molar refractivity (Wildman–Crippen MR) is 121 cm³/mol. The standard InChI is InChI=1S/C23H32N2O4S/c1-7-21(18-10-9-16(3)17(4)15-18)24-23(26)22(8-2)29-20-13-11-19(12-14-20)25(5)30(6,27)28/h9-15,21-22H,7-8H2,1-6H3,(H,24,26)/t21-,22+/m0/s1. The Morgan fingerprint density at radius 2 is 1.67 bits per heavy atom. The Balaban J connectivity index is 2.09. The van der Waals surface area contributed by atoms with E-state index in [2.05, 4.69) is 37.4 Å². The van der Waals surface area contributed by atoms with Gasteiger partial charge in [-0.3, -0.25) is 9.10 Å². The van der Waals surface area contributed by atoms with Gasteiger partial charge in [0.1, 0.15) is 5.75 Å². The molecule has 1 N–H and O–H groups in total. The number of ether oxygens (including phenoxy) is 1. The van der Waals surface area contributed by atoms with Crippen molar-refractivity contribution in [1.82, 2.24) is 5.32 Å². The Bertz CT molecular complexity index is 971. The lowest BCUT2D eigenvalue weighted by molar-refractivity contribution is -0.128. The van der Waals surface area contributed by atoms with E-state index in [0.717, 1.165) is 18.2 Å². The van der Waals surface area contributed by atoms with Crippen LogP contribution in [-0.2, 0) is 14.8 Å². The number of benzene rings is 2. The minimum atomic E-state index is -3.33. The maximum atomic E-state index is 12.9. The third-order valence-corrected chi connectivity index (χ3v) is 6.50. The Morgan fingerprint density at radius 1 is 1.03 bits per heavy atom. The number of rotatable bonds is 9. The highest BCUT2D eigenvalue weighted by Gasteiger charge is 2.22. The van der Waals surface area contributed by atoms with Crippen molar-refractivity contribution < 1.29 is 17.9 Å². The molecule has 0 bridgehead atoms. The molecule has 2 atom stereocenters. The van der Waals surface area contributed by atoms with Gasteiger partial charge in [0, 0.05) is 7.05 Å². The van der Waals surface area contributed by atoms with Crippen LogP contribution in [0.3, 0.4) is 0 Å². The van der Waals surface area contributed by atoms with Crippen LogP contribution in [0.15, 0.2) is 42.5 Å². The van der Waals surface area contributed by atoms with Gasteiger partial charge in [0.15, 0.2) is 6.10 Å². The Morgan fingerprint density at radius 3 is 2.17 bits per heavy atom. The molecule has 0 aliphatic heterocycles. The largest absolute Gasteiger partial charge is 0.481 e. The highest BCUT2D eigenvalue weighted by Crippen LogP contribution is 2.23. The van der Waals surface area contributed by atoms with Gasteiger partial charge in [0.25, 0.3) is 5.91 Å². The molecule has 0 unspecified atom stereocenters. The van der Waals surface area contributed by atoms with Crippen molar-refractivity contribution in [3.05, 3.63) is 59.2 Å². The average Bonchev–Trinajstić information content (AvgIpc) is 2.71. The molecule has 164 valence electrons. The molecule has 0 saturated carbocycles. The second kappa shape index (κ2) is 9.98. The summed E-state index contributed by atoms with van der Waals surface area (Å²) in [5, 5.41) is 3.10. The lowest BCUT2D eigenvalue weighted by atomic mass is 9.99. The van der Waals surface area contributed by atoms with Crippen molar-refractivity contribution in [3.8, 4) is 5.75 Å². The molecule has 0 radical (unpaired) electrons. The smallest absolute Gasteiger partial charge is 0.261 e. The van der Waals surface area contributed by atoms with E-state index in [-0.39, 0.29) is 11.9 Å². The van der Waals surface area contributed by atoms with E-state index >= 15 is 0 Å². The zero-order valence-corrected chi connectivity index (χ0v) is 19.4. The molecule has 0 aliphatic carbocycles. The minimum Gasteiger partial charge on any atom is -0.481 e. The van der Waals surface area contributed by atoms with Gasteiger partial charge in [-0.05, 0) is 67.6 Å². The van der Waals surface area contributed by atoms with Crippen molar-refractivity contribution in [3.63, 3.8) is 0 Å². The fourth-order valence-corrected chi connectivity index (χ4v) is 3.58. The Kier molecular flexibility index (Phi) is 7.89. The molecule has 6 nitrogen and oxygen atoms in total. The fourth-order valence-electron chi connectivity index (χ4n) is 3.08. The monoisotopic (exact) mass is 432 g/mol. The van der Waals surface area contributed by atoms with Crippen LogP contribution in [0, 0.1) is 13.8 Å². The van der Waals surface area contributed by atoms with Gasteiger partial charge in [-0.15, -0.1) is 0 Å². The van der Waals surface area contributed by atoms with Crippen molar-refractivity contribution in [2.24, 2.45) is 0 Å². The zero-order chi connectivity index (χ0) is 22.5. The van der Waals surface area contributed by atoms with E-state index in [1.54, 1.807) is 24.3 Å². The summed E-state index contributed by atoms with van der Waals surface area (Å²) < 4.78 is 30.4. The molecule has 0 fully saturated rings. The molecule has 0 aromatic heterocycles. The van der Waals surface area contributed by atoms with Gasteiger partial charge in [0.2, 0.25) is 10.0 Å². The summed E-state index contributed by atoms with van der Waals surface area (Å²) in [6.45, 7) is 8.07. The van der Waals surface area contributed by atoms with E-state index in [1.165, 1.54) is 22.5 Å². The number of hydrogen-bond donors (Lipinski definition) is 1. The molecule has 7 heteroatoms. The molecule has 2 rings (SSSR count). The minimum absolute atomic E-state index is 0.0831. The lowest BCUT2D eigenvalue weighted by Crippen LogP contribution is -2.40. The van der Waals surface area contributed by atoms with Gasteiger partial charge >= 0.3 is 0 Å². The molecule has 2 aromatic rings. The molecule has 2 aromatic carbocycles. The van der Waals surface area contributed by atoms with Crippen LogP contribution in [0.25, 0.3) is 0 Å². The molecule has 0 saturated heterocycles. The predicted octanol–water partition coefficient (Wildman–Crippen LogP) is 4.12. The van der Waals surface area contributed by atoms with Crippen molar-refractivity contribution >= 4 is 21.6 Å². The number of anilines is 1. The maximum Gasteiger partial charge on any atom is 0.261 e. The number of nitrogens with zero attached hydrogens (tertiary/aromatic N) is 1. The van der Waals surface area contributed by atoms with Crippen molar-refractivity contribution in [2.75, 3.05) is 17.6 Å². The first kappa shape index (κ1) is 23.7. The van der Waals surface area contributed by atoms with Gasteiger partial charge in [-0.2, -0.15) is 0 Å². The fraction of sp³-hybridized carbons (Fsp3) is 0.435. The van der Waals surface area contributed by atoms with Gasteiger partial charge in [-0.1, -0.05) is 32.0 Å². The van der Waals surface area contributed by atoms with Gasteiger partial charge < -0.3 is 10.1 Å². The summed E-state index contributed by atoms with van der Waals surface area (Å²) >= 11 is 0. The Labute approximate surface area is 180 Å². The normalized spacial score (nSPS) is 13.4. The lowest BCUT2D eigenvalue weighted by Gasteiger charge is -2.23. The van der Waals surface area contributed by atoms with Crippen LogP contribution in [0.1, 0.15) is 49.4 Å². The summed E-state index contributed by atoms with van der Waals surface area (Å²) in [4.78, 5) is 12.9. The van der Waals surface area contributed by atoms with E-state index in [1.807, 2.05) is 13.8 Å². The third kappa shape index (κ3) is 5.98. The van der Waals surface area contributed by atoms with Crippen LogP contribution < -0.4 is 14.4 Å². The van der Waals surface area contributed by atoms with E-state index < -0.39 is 16.1 Å². The number of amides is 1. The first-order valence-corrected chi connectivity index (χ1v) is 12.0. The summed E-state index contributed by atoms with van der Waals surface area (Å²) in [6.07, 6.45) is 1.80. The second-order valence-corrected chi connectivity index (χ2v) is 9.57. The summed E-state index contributed by atoms with van der Waals surface area (Å²) in [5.41, 5.74) is 4.03. The molecule has 0 aliphatic rings. The topological polar surface area (TPSA) is 75.7 Å². The molecular formula is C23H32N2O4S. The molecular weight excluding hydrogens is 400 g/mol. The number of carbonyl (C=O) groups is 1. The summed E-state index contributed by atoms with van der Waals surface area (Å²) in [6, 6.07) is 12.8. The number of nitrogens with one attached hydrogen (secondary N) is 1. The zero-order valence-electron chi connectivity index (χ0n) is 18.6. The average molecular weight is 433 g/mol. The van der Waals surface area contributed by atoms with E-state index in [4.69, 9.17) is 4.74 Å². The van der Waals surface area contributed by atoms with Crippen LogP contribution in [0.5, 0.6) is 5.75 Å². The molecule has 0 spiro atoms. The second-order valence-electron chi connectivity index (χ2n) is 7.55. The van der Waals surface area contributed by atoms with E-state index in [0.29, 0.717) is 17.9 Å². The number of aryl methyl sites for hydroxylation is 2. The van der Waals surface area contributed by atoms with Gasteiger partial charge in [-0.25, -0.2) is 8.42 Å². The summed E-state index contributed by atoms with van der Waals surface area (Å²) in [7, 11) is -1.84. The molecule has 0 heterocycles. The van der Waals surface area contributed by atoms with Gasteiger partial charge in [0.05, 0.1) is 18.0 Å². The maximum absolute atomic E-state index is 12.9. The highest BCUT2D eigenvalue weighted by atomic mass is 32.2.